The fourth-order valence-corrected chi connectivity index (χ4v) is 4.42. The van der Waals surface area contributed by atoms with Crippen molar-refractivity contribution in [3.8, 4) is 22.9 Å². The van der Waals surface area contributed by atoms with Crippen LogP contribution in [0, 0.1) is 20.8 Å². The van der Waals surface area contributed by atoms with E-state index >= 15 is 0 Å². The molecule has 0 atom stereocenters. The lowest BCUT2D eigenvalue weighted by atomic mass is 10.1. The van der Waals surface area contributed by atoms with Crippen molar-refractivity contribution in [2.75, 3.05) is 24.3 Å². The van der Waals surface area contributed by atoms with E-state index in [1.54, 1.807) is 0 Å². The topological polar surface area (TPSA) is 78.3 Å². The number of rotatable bonds is 6. The third-order valence-corrected chi connectivity index (χ3v) is 6.33. The number of carbonyl (C=O) groups excluding carboxylic acids is 1. The number of carbonyl (C=O) groups is 1. The molecule has 4 rings (SSSR count). The average Bonchev–Trinajstić information content (AvgIpc) is 3.04. The van der Waals surface area contributed by atoms with Gasteiger partial charge in [0, 0.05) is 24.2 Å². The highest BCUT2D eigenvalue weighted by Crippen LogP contribution is 2.37. The van der Waals surface area contributed by atoms with Crippen molar-refractivity contribution in [3.63, 3.8) is 0 Å². The number of fused-ring (bicyclic) bond motifs is 1. The molecule has 1 amide bonds. The van der Waals surface area contributed by atoms with Crippen molar-refractivity contribution >= 4 is 23.4 Å². The summed E-state index contributed by atoms with van der Waals surface area (Å²) in [5.74, 6) is 2.45. The van der Waals surface area contributed by atoms with E-state index < -0.39 is 0 Å². The van der Waals surface area contributed by atoms with Crippen LogP contribution in [-0.4, -0.2) is 39.6 Å². The summed E-state index contributed by atoms with van der Waals surface area (Å²) < 4.78 is 13.7. The Hall–Kier alpha value is -3.00. The van der Waals surface area contributed by atoms with Gasteiger partial charge in [-0.1, -0.05) is 23.9 Å². The second kappa shape index (κ2) is 9.65. The highest BCUT2D eigenvalue weighted by atomic mass is 32.2. The fraction of sp³-hybridized carbons (Fsp3) is 0.375. The molecule has 0 saturated carbocycles. The Morgan fingerprint density at radius 1 is 1.06 bits per heavy atom. The first-order valence-electron chi connectivity index (χ1n) is 10.8. The minimum absolute atomic E-state index is 0.0670. The number of hydrogen-bond donors (Lipinski definition) is 1. The quantitative estimate of drug-likeness (QED) is 0.542. The smallest absolute Gasteiger partial charge is 0.234 e. The van der Waals surface area contributed by atoms with Crippen LogP contribution in [0.15, 0.2) is 35.5 Å². The Bertz CT molecular complexity index is 1140. The van der Waals surface area contributed by atoms with Crippen molar-refractivity contribution in [3.05, 3.63) is 47.0 Å². The molecule has 32 heavy (non-hydrogen) atoms. The molecule has 2 heterocycles. The molecule has 3 aromatic rings. The minimum Gasteiger partial charge on any atom is -0.490 e. The lowest BCUT2D eigenvalue weighted by Gasteiger charge is -2.13. The van der Waals surface area contributed by atoms with Gasteiger partial charge in [-0.3, -0.25) is 4.79 Å². The fourth-order valence-electron chi connectivity index (χ4n) is 3.62. The molecule has 0 radical (unpaired) electrons. The predicted octanol–water partition coefficient (Wildman–Crippen LogP) is 4.78. The zero-order valence-electron chi connectivity index (χ0n) is 18.9. The molecular weight excluding hydrogens is 424 g/mol. The van der Waals surface area contributed by atoms with Crippen LogP contribution in [0.25, 0.3) is 11.4 Å². The first-order chi connectivity index (χ1) is 15.5. The van der Waals surface area contributed by atoms with E-state index in [2.05, 4.69) is 15.5 Å². The maximum Gasteiger partial charge on any atom is 0.234 e. The van der Waals surface area contributed by atoms with E-state index in [0.717, 1.165) is 51.7 Å². The standard InChI is InChI=1S/C24H28N4O3S/c1-5-28-23(18-13-21-20(12-17(18)4)30-9-6-10-31-21)26-27-24(28)32-14-22(29)25-19-11-15(2)7-8-16(19)3/h7-8,11-13H,5-6,9-10,14H2,1-4H3,(H,25,29). The molecule has 1 N–H and O–H groups in total. The Balaban J connectivity index is 1.52. The molecule has 0 bridgehead atoms. The number of amides is 1. The monoisotopic (exact) mass is 452 g/mol. The van der Waals surface area contributed by atoms with E-state index in [4.69, 9.17) is 9.47 Å². The molecule has 0 fully saturated rings. The van der Waals surface area contributed by atoms with Gasteiger partial charge in [0.25, 0.3) is 0 Å². The van der Waals surface area contributed by atoms with E-state index in [1.807, 2.05) is 62.6 Å². The maximum atomic E-state index is 12.6. The van der Waals surface area contributed by atoms with Gasteiger partial charge in [-0.2, -0.15) is 0 Å². The second-order valence-corrected chi connectivity index (χ2v) is 8.81. The molecule has 0 unspecified atom stereocenters. The number of ether oxygens (including phenoxy) is 2. The van der Waals surface area contributed by atoms with E-state index in [9.17, 15) is 4.79 Å². The summed E-state index contributed by atoms with van der Waals surface area (Å²) in [7, 11) is 0. The number of aryl methyl sites for hydroxylation is 3. The third-order valence-electron chi connectivity index (χ3n) is 5.37. The summed E-state index contributed by atoms with van der Waals surface area (Å²) in [6.07, 6.45) is 0.860. The molecule has 8 heteroatoms. The Labute approximate surface area is 192 Å². The van der Waals surface area contributed by atoms with Crippen molar-refractivity contribution in [1.29, 1.82) is 0 Å². The SMILES string of the molecule is CCn1c(SCC(=O)Nc2cc(C)ccc2C)nnc1-c1cc2c(cc1C)OCCCO2. The third kappa shape index (κ3) is 4.75. The Morgan fingerprint density at radius 3 is 2.56 bits per heavy atom. The van der Waals surface area contributed by atoms with Crippen molar-refractivity contribution in [2.45, 2.75) is 45.8 Å². The van der Waals surface area contributed by atoms with Gasteiger partial charge in [0.1, 0.15) is 0 Å². The number of nitrogens with one attached hydrogen (secondary N) is 1. The summed E-state index contributed by atoms with van der Waals surface area (Å²) in [5.41, 5.74) is 4.99. The molecule has 2 aromatic carbocycles. The van der Waals surface area contributed by atoms with E-state index in [-0.39, 0.29) is 11.7 Å². The van der Waals surface area contributed by atoms with Crippen LogP contribution in [-0.2, 0) is 11.3 Å². The van der Waals surface area contributed by atoms with Gasteiger partial charge in [-0.25, -0.2) is 0 Å². The van der Waals surface area contributed by atoms with Gasteiger partial charge in [0.05, 0.1) is 19.0 Å². The second-order valence-electron chi connectivity index (χ2n) is 7.87. The van der Waals surface area contributed by atoms with E-state index in [1.165, 1.54) is 11.8 Å². The molecule has 0 spiro atoms. The number of nitrogens with zero attached hydrogens (tertiary/aromatic N) is 3. The summed E-state index contributed by atoms with van der Waals surface area (Å²) in [5, 5.41) is 12.5. The highest BCUT2D eigenvalue weighted by Gasteiger charge is 2.20. The van der Waals surface area contributed by atoms with E-state index in [0.29, 0.717) is 24.9 Å². The van der Waals surface area contributed by atoms with Gasteiger partial charge < -0.3 is 19.4 Å². The van der Waals surface area contributed by atoms with Gasteiger partial charge >= 0.3 is 0 Å². The molecular formula is C24H28N4O3S. The van der Waals surface area contributed by atoms with Gasteiger partial charge in [-0.15, -0.1) is 10.2 Å². The van der Waals surface area contributed by atoms with Crippen LogP contribution in [0.1, 0.15) is 30.0 Å². The van der Waals surface area contributed by atoms with Crippen molar-refractivity contribution < 1.29 is 14.3 Å². The Morgan fingerprint density at radius 2 is 1.81 bits per heavy atom. The summed E-state index contributed by atoms with van der Waals surface area (Å²) >= 11 is 1.38. The van der Waals surface area contributed by atoms with Crippen molar-refractivity contribution in [2.24, 2.45) is 0 Å². The Kier molecular flexibility index (Phi) is 6.69. The molecule has 1 aromatic heterocycles. The number of aromatic nitrogens is 3. The van der Waals surface area contributed by atoms with Crippen LogP contribution in [0.3, 0.4) is 0 Å². The molecule has 7 nitrogen and oxygen atoms in total. The van der Waals surface area contributed by atoms with Crippen LogP contribution >= 0.6 is 11.8 Å². The zero-order valence-corrected chi connectivity index (χ0v) is 19.7. The number of thioether (sulfide) groups is 1. The lowest BCUT2D eigenvalue weighted by Crippen LogP contribution is -2.15. The van der Waals surface area contributed by atoms with Crippen LogP contribution in [0.4, 0.5) is 5.69 Å². The molecule has 0 aliphatic carbocycles. The first-order valence-corrected chi connectivity index (χ1v) is 11.8. The summed E-state index contributed by atoms with van der Waals surface area (Å²) in [6.45, 7) is 10.1. The van der Waals surface area contributed by atoms with Gasteiger partial charge in [0.2, 0.25) is 5.91 Å². The first kappa shape index (κ1) is 22.2. The summed E-state index contributed by atoms with van der Waals surface area (Å²) in [6, 6.07) is 10.0. The van der Waals surface area contributed by atoms with Crippen molar-refractivity contribution in [1.82, 2.24) is 14.8 Å². The van der Waals surface area contributed by atoms with Crippen LogP contribution < -0.4 is 14.8 Å². The normalized spacial score (nSPS) is 13.0. The molecule has 168 valence electrons. The largest absolute Gasteiger partial charge is 0.490 e. The number of anilines is 1. The maximum absolute atomic E-state index is 12.6. The summed E-state index contributed by atoms with van der Waals surface area (Å²) in [4.78, 5) is 12.6. The van der Waals surface area contributed by atoms with Crippen LogP contribution in [0.2, 0.25) is 0 Å². The molecule has 1 aliphatic rings. The molecule has 0 saturated heterocycles. The van der Waals surface area contributed by atoms with Gasteiger partial charge in [-0.05, 0) is 62.6 Å². The predicted molar refractivity (Wildman–Crippen MR) is 127 cm³/mol. The number of benzene rings is 2. The number of hydrogen-bond acceptors (Lipinski definition) is 6. The zero-order chi connectivity index (χ0) is 22.7. The van der Waals surface area contributed by atoms with Crippen LogP contribution in [0.5, 0.6) is 11.5 Å². The van der Waals surface area contributed by atoms with Gasteiger partial charge in [0.15, 0.2) is 22.5 Å². The highest BCUT2D eigenvalue weighted by molar-refractivity contribution is 7.99. The lowest BCUT2D eigenvalue weighted by molar-refractivity contribution is -0.113. The average molecular weight is 453 g/mol. The minimum atomic E-state index is -0.0670. The molecule has 1 aliphatic heterocycles.